The molecule has 3 heterocycles. The van der Waals surface area contributed by atoms with E-state index in [1.807, 2.05) is 60.7 Å². The van der Waals surface area contributed by atoms with Crippen molar-refractivity contribution < 1.29 is 0 Å². The van der Waals surface area contributed by atoms with Gasteiger partial charge in [0.1, 0.15) is 0 Å². The molecule has 0 aliphatic carbocycles. The molecule has 7 nitrogen and oxygen atoms in total. The number of tetrazole rings is 1. The number of fused-ring (bicyclic) bond motifs is 4. The molecule has 240 valence electrons. The largest absolute Gasteiger partial charge is 0.341 e. The molecule has 47 heavy (non-hydrogen) atoms. The van der Waals surface area contributed by atoms with Gasteiger partial charge >= 0.3 is 0 Å². The van der Waals surface area contributed by atoms with Crippen molar-refractivity contribution >= 4 is 69.2 Å². The first-order chi connectivity index (χ1) is 22.4. The van der Waals surface area contributed by atoms with Crippen LogP contribution in [0.4, 0.5) is 22.7 Å². The highest BCUT2D eigenvalue weighted by Crippen LogP contribution is 2.51. The molecule has 0 bridgehead atoms. The lowest BCUT2D eigenvalue weighted by Crippen LogP contribution is -2.34. The predicted molar refractivity (Wildman–Crippen MR) is 192 cm³/mol. The minimum absolute atomic E-state index is 0.191. The molecule has 1 N–H and O–H groups in total. The van der Waals surface area contributed by atoms with Crippen molar-refractivity contribution in [1.29, 1.82) is 5.26 Å². The number of nitrogens with zero attached hydrogens (tertiary/aromatic N) is 6. The molecule has 4 aromatic carbocycles. The highest BCUT2D eigenvalue weighted by Gasteiger charge is 2.38. The number of hydrogen-bond donors (Lipinski definition) is 1. The Labute approximate surface area is 295 Å². The number of nitriles is 1. The van der Waals surface area contributed by atoms with Crippen LogP contribution in [0.15, 0.2) is 72.8 Å². The molecule has 0 amide bonds. The highest BCUT2D eigenvalue weighted by atomic mass is 35.5. The lowest BCUT2D eigenvalue weighted by molar-refractivity contribution is 0.623. The molecular weight excluding hydrogens is 672 g/mol. The lowest BCUT2D eigenvalue weighted by Gasteiger charge is -2.42. The fourth-order valence-electron chi connectivity index (χ4n) is 6.67. The zero-order chi connectivity index (χ0) is 33.5. The Morgan fingerprint density at radius 1 is 0.638 bits per heavy atom. The minimum Gasteiger partial charge on any atom is -0.341 e. The van der Waals surface area contributed by atoms with E-state index < -0.39 is 0 Å². The van der Waals surface area contributed by atoms with Gasteiger partial charge in [0.25, 0.3) is 0 Å². The maximum Gasteiger partial charge on any atom is 0.176 e. The topological polar surface area (TPSA) is 84.7 Å². The summed E-state index contributed by atoms with van der Waals surface area (Å²) < 4.78 is 0. The molecule has 0 fully saturated rings. The number of anilines is 4. The number of benzene rings is 4. The van der Waals surface area contributed by atoms with Gasteiger partial charge in [0.05, 0.1) is 12.5 Å². The first-order valence-electron chi connectivity index (χ1n) is 15.3. The second-order valence-corrected chi connectivity index (χ2v) is 14.4. The SMILES string of the molecule is CC1(C)c2cc(Cl)ccc2N(CCC#N)c2ccc(Cl)cc21.CC1(C)c2cc(Cl)ccc2N(CCc2nn[nH]n2)c2ccc(Cl)cc21. The molecule has 5 aromatic rings. The molecule has 0 saturated carbocycles. The molecule has 0 spiro atoms. The van der Waals surface area contributed by atoms with Gasteiger partial charge in [-0.25, -0.2) is 0 Å². The average Bonchev–Trinajstić information content (AvgIpc) is 3.56. The molecule has 2 aliphatic heterocycles. The van der Waals surface area contributed by atoms with Gasteiger partial charge in [0.15, 0.2) is 5.82 Å². The molecule has 11 heteroatoms. The van der Waals surface area contributed by atoms with Crippen molar-refractivity contribution in [3.8, 4) is 6.07 Å². The van der Waals surface area contributed by atoms with Crippen molar-refractivity contribution in [3.05, 3.63) is 121 Å². The summed E-state index contributed by atoms with van der Waals surface area (Å²) in [6, 6.07) is 26.2. The number of aromatic nitrogens is 4. The fourth-order valence-corrected chi connectivity index (χ4v) is 7.36. The van der Waals surface area contributed by atoms with Gasteiger partial charge in [-0.3, -0.25) is 0 Å². The van der Waals surface area contributed by atoms with Crippen molar-refractivity contribution in [2.75, 3.05) is 22.9 Å². The number of H-pyrrole nitrogens is 1. The summed E-state index contributed by atoms with van der Waals surface area (Å²) in [4.78, 5) is 4.46. The molecule has 0 unspecified atom stereocenters. The smallest absolute Gasteiger partial charge is 0.176 e. The summed E-state index contributed by atoms with van der Waals surface area (Å²) in [7, 11) is 0. The Morgan fingerprint density at radius 3 is 1.36 bits per heavy atom. The van der Waals surface area contributed by atoms with E-state index in [0.717, 1.165) is 60.5 Å². The second-order valence-electron chi connectivity index (χ2n) is 12.7. The van der Waals surface area contributed by atoms with Gasteiger partial charge in [0, 0.05) is 73.2 Å². The molecule has 0 atom stereocenters. The molecule has 7 rings (SSSR count). The monoisotopic (exact) mass is 703 g/mol. The zero-order valence-electron chi connectivity index (χ0n) is 26.5. The molecule has 0 saturated heterocycles. The van der Waals surface area contributed by atoms with Crippen LogP contribution in [0, 0.1) is 11.3 Å². The average molecular weight is 706 g/mol. The van der Waals surface area contributed by atoms with E-state index in [9.17, 15) is 0 Å². The number of aromatic amines is 1. The summed E-state index contributed by atoms with van der Waals surface area (Å²) in [5.41, 5.74) is 8.82. The number of rotatable bonds is 5. The van der Waals surface area contributed by atoms with E-state index in [-0.39, 0.29) is 10.8 Å². The third-order valence-corrected chi connectivity index (χ3v) is 10.0. The summed E-state index contributed by atoms with van der Waals surface area (Å²) in [6.45, 7) is 10.1. The van der Waals surface area contributed by atoms with Crippen molar-refractivity contribution in [1.82, 2.24) is 20.6 Å². The zero-order valence-corrected chi connectivity index (χ0v) is 29.5. The molecular formula is C36H33Cl4N7. The first kappa shape index (κ1) is 33.1. The van der Waals surface area contributed by atoms with Crippen molar-refractivity contribution in [2.24, 2.45) is 0 Å². The summed E-state index contributed by atoms with van der Waals surface area (Å²) in [5.74, 6) is 0.691. The Morgan fingerprint density at radius 2 is 1.02 bits per heavy atom. The van der Waals surface area contributed by atoms with Crippen LogP contribution in [0.3, 0.4) is 0 Å². The Balaban J connectivity index is 0.000000166. The van der Waals surface area contributed by atoms with Crippen LogP contribution >= 0.6 is 46.4 Å². The fraction of sp³-hybridized carbons (Fsp3) is 0.278. The number of halogens is 4. The highest BCUT2D eigenvalue weighted by molar-refractivity contribution is 6.32. The van der Waals surface area contributed by atoms with Crippen LogP contribution in [0.2, 0.25) is 20.1 Å². The summed E-state index contributed by atoms with van der Waals surface area (Å²) >= 11 is 25.0. The molecule has 0 radical (unpaired) electrons. The molecule has 1 aromatic heterocycles. The number of hydrogen-bond acceptors (Lipinski definition) is 6. The maximum absolute atomic E-state index is 8.96. The van der Waals surface area contributed by atoms with Gasteiger partial charge in [-0.15, -0.1) is 10.2 Å². The van der Waals surface area contributed by atoms with E-state index in [1.165, 1.54) is 11.1 Å². The second kappa shape index (κ2) is 13.0. The van der Waals surface area contributed by atoms with Gasteiger partial charge in [-0.05, 0) is 95.1 Å². The van der Waals surface area contributed by atoms with Crippen LogP contribution in [0.1, 0.15) is 62.2 Å². The number of nitrogens with one attached hydrogen (secondary N) is 1. The van der Waals surface area contributed by atoms with E-state index in [2.05, 4.69) is 76.3 Å². The van der Waals surface area contributed by atoms with Crippen LogP contribution in [-0.2, 0) is 17.3 Å². The quantitative estimate of drug-likeness (QED) is 0.196. The summed E-state index contributed by atoms with van der Waals surface area (Å²) in [5, 5.41) is 26.1. The Kier molecular flexibility index (Phi) is 9.17. The Hall–Kier alpha value is -3.80. The van der Waals surface area contributed by atoms with Gasteiger partial charge < -0.3 is 9.80 Å². The van der Waals surface area contributed by atoms with E-state index >= 15 is 0 Å². The van der Waals surface area contributed by atoms with Gasteiger partial charge in [0.2, 0.25) is 0 Å². The van der Waals surface area contributed by atoms with Gasteiger partial charge in [-0.2, -0.15) is 10.5 Å². The van der Waals surface area contributed by atoms with Crippen LogP contribution in [0.25, 0.3) is 0 Å². The predicted octanol–water partition coefficient (Wildman–Crippen LogP) is 10.2. The van der Waals surface area contributed by atoms with Crippen molar-refractivity contribution in [3.63, 3.8) is 0 Å². The Bertz CT molecular complexity index is 1870. The van der Waals surface area contributed by atoms with E-state index in [0.29, 0.717) is 25.2 Å². The minimum atomic E-state index is -0.191. The van der Waals surface area contributed by atoms with Crippen LogP contribution < -0.4 is 9.80 Å². The lowest BCUT2D eigenvalue weighted by atomic mass is 9.73. The maximum atomic E-state index is 8.96. The summed E-state index contributed by atoms with van der Waals surface area (Å²) in [6.07, 6.45) is 1.14. The standard InChI is InChI=1S/C18H17Cl2N5.C18H16Cl2N2/c1-18(2)13-9-11(19)3-5-15(13)25(8-7-17-21-23-24-22-17)16-6-4-12(20)10-14(16)18;1-18(2)14-10-12(19)4-6-16(14)22(9-3-8-21)17-7-5-13(20)11-15(17)18/h3-6,9-10H,7-8H2,1-2H3,(H,21,22,23,24);4-7,10-11H,3,9H2,1-2H3. The van der Waals surface area contributed by atoms with Crippen LogP contribution in [0.5, 0.6) is 0 Å². The van der Waals surface area contributed by atoms with Crippen LogP contribution in [-0.4, -0.2) is 33.7 Å². The van der Waals surface area contributed by atoms with Gasteiger partial charge in [-0.1, -0.05) is 79.3 Å². The van der Waals surface area contributed by atoms with Crippen molar-refractivity contribution in [2.45, 2.75) is 51.4 Å². The third kappa shape index (κ3) is 6.28. The first-order valence-corrected chi connectivity index (χ1v) is 16.8. The third-order valence-electron chi connectivity index (χ3n) is 9.09. The van der Waals surface area contributed by atoms with E-state index in [1.54, 1.807) is 0 Å². The normalized spacial score (nSPS) is 15.0. The molecule has 2 aliphatic rings. The van der Waals surface area contributed by atoms with E-state index in [4.69, 9.17) is 51.7 Å².